The van der Waals surface area contributed by atoms with Gasteiger partial charge in [0.1, 0.15) is 5.82 Å². The van der Waals surface area contributed by atoms with E-state index in [9.17, 15) is 4.39 Å². The third-order valence-electron chi connectivity index (χ3n) is 2.84. The summed E-state index contributed by atoms with van der Waals surface area (Å²) in [7, 11) is 1.89. The van der Waals surface area contributed by atoms with Crippen molar-refractivity contribution in [1.82, 2.24) is 15.0 Å². The van der Waals surface area contributed by atoms with Crippen LogP contribution >= 0.6 is 11.6 Å². The summed E-state index contributed by atoms with van der Waals surface area (Å²) in [6.07, 6.45) is 4.06. The zero-order valence-electron chi connectivity index (χ0n) is 9.90. The third kappa shape index (κ3) is 2.69. The Morgan fingerprint density at radius 1 is 1.56 bits per heavy atom. The molecular weight excluding hydrogens is 255 g/mol. The van der Waals surface area contributed by atoms with Crippen LogP contribution in [-0.2, 0) is 13.5 Å². The highest BCUT2D eigenvalue weighted by molar-refractivity contribution is 6.30. The Balaban J connectivity index is 2.20. The molecule has 0 fully saturated rings. The number of hydrogen-bond acceptors (Lipinski definition) is 3. The topological polar surface area (TPSA) is 55.9 Å². The first-order chi connectivity index (χ1) is 8.61. The quantitative estimate of drug-likeness (QED) is 0.658. The molecule has 3 N–H and O–H groups in total. The van der Waals surface area contributed by atoms with E-state index in [4.69, 9.17) is 17.4 Å². The minimum Gasteiger partial charge on any atom is -0.336 e. The highest BCUT2D eigenvalue weighted by atomic mass is 35.5. The van der Waals surface area contributed by atoms with E-state index in [2.05, 4.69) is 10.4 Å². The highest BCUT2D eigenvalue weighted by Gasteiger charge is 2.14. The van der Waals surface area contributed by atoms with Gasteiger partial charge < -0.3 is 4.57 Å². The van der Waals surface area contributed by atoms with Crippen molar-refractivity contribution in [3.8, 4) is 0 Å². The molecule has 0 saturated heterocycles. The van der Waals surface area contributed by atoms with Crippen LogP contribution < -0.4 is 11.3 Å². The first-order valence-electron chi connectivity index (χ1n) is 5.48. The predicted molar refractivity (Wildman–Crippen MR) is 68.4 cm³/mol. The van der Waals surface area contributed by atoms with Crippen LogP contribution in [0.4, 0.5) is 4.39 Å². The smallest absolute Gasteiger partial charge is 0.141 e. The second-order valence-corrected chi connectivity index (χ2v) is 4.51. The zero-order valence-corrected chi connectivity index (χ0v) is 10.7. The lowest BCUT2D eigenvalue weighted by Gasteiger charge is -2.16. The van der Waals surface area contributed by atoms with E-state index in [0.717, 1.165) is 11.3 Å². The molecule has 4 nitrogen and oxygen atoms in total. The van der Waals surface area contributed by atoms with Gasteiger partial charge in [-0.05, 0) is 24.1 Å². The maximum atomic E-state index is 13.1. The van der Waals surface area contributed by atoms with Crippen LogP contribution in [0.5, 0.6) is 0 Å². The van der Waals surface area contributed by atoms with Gasteiger partial charge in [0.05, 0.1) is 23.1 Å². The van der Waals surface area contributed by atoms with Crippen molar-refractivity contribution in [3.63, 3.8) is 0 Å². The van der Waals surface area contributed by atoms with Gasteiger partial charge in [-0.2, -0.15) is 0 Å². The Morgan fingerprint density at radius 3 is 2.89 bits per heavy atom. The molecule has 0 spiro atoms. The van der Waals surface area contributed by atoms with Gasteiger partial charge >= 0.3 is 0 Å². The van der Waals surface area contributed by atoms with Gasteiger partial charge in [0.25, 0.3) is 0 Å². The second-order valence-electron chi connectivity index (χ2n) is 4.10. The van der Waals surface area contributed by atoms with Gasteiger partial charge in [0.2, 0.25) is 0 Å². The molecule has 0 aliphatic heterocycles. The summed E-state index contributed by atoms with van der Waals surface area (Å²) in [5.41, 5.74) is 4.59. The van der Waals surface area contributed by atoms with Crippen LogP contribution in [0.3, 0.4) is 0 Å². The predicted octanol–water partition coefficient (Wildman–Crippen LogP) is 1.96. The monoisotopic (exact) mass is 268 g/mol. The molecular formula is C12H14ClFN4. The van der Waals surface area contributed by atoms with Gasteiger partial charge in [-0.15, -0.1) is 0 Å². The molecule has 1 aromatic carbocycles. The normalized spacial score (nSPS) is 12.7. The Labute approximate surface area is 110 Å². The zero-order chi connectivity index (χ0) is 13.1. The average Bonchev–Trinajstić information content (AvgIpc) is 2.77. The number of imidazole rings is 1. The van der Waals surface area contributed by atoms with Crippen LogP contribution in [0.15, 0.2) is 30.7 Å². The van der Waals surface area contributed by atoms with Crippen LogP contribution in [0.25, 0.3) is 0 Å². The fourth-order valence-electron chi connectivity index (χ4n) is 1.85. The molecule has 1 atom stereocenters. The van der Waals surface area contributed by atoms with Crippen LogP contribution in [0.1, 0.15) is 17.3 Å². The number of aromatic nitrogens is 2. The molecule has 1 aromatic heterocycles. The summed E-state index contributed by atoms with van der Waals surface area (Å²) in [6.45, 7) is 0. The molecule has 2 aromatic rings. The Kier molecular flexibility index (Phi) is 3.96. The molecule has 0 saturated carbocycles. The highest BCUT2D eigenvalue weighted by Crippen LogP contribution is 2.21. The first-order valence-corrected chi connectivity index (χ1v) is 5.86. The number of halogens is 2. The number of nitrogens with two attached hydrogens (primary N) is 1. The van der Waals surface area contributed by atoms with E-state index < -0.39 is 5.82 Å². The maximum absolute atomic E-state index is 13.1. The minimum absolute atomic E-state index is 0.0981. The molecule has 18 heavy (non-hydrogen) atoms. The van der Waals surface area contributed by atoms with Crippen LogP contribution in [0.2, 0.25) is 5.02 Å². The van der Waals surface area contributed by atoms with Gasteiger partial charge in [0.15, 0.2) is 0 Å². The van der Waals surface area contributed by atoms with Crippen molar-refractivity contribution in [2.45, 2.75) is 12.5 Å². The molecule has 96 valence electrons. The lowest BCUT2D eigenvalue weighted by atomic mass is 10.0. The van der Waals surface area contributed by atoms with Gasteiger partial charge in [-0.25, -0.2) is 9.37 Å². The molecule has 0 radical (unpaired) electrons. The number of hydrogen-bond donors (Lipinski definition) is 2. The Bertz CT molecular complexity index is 541. The van der Waals surface area contributed by atoms with Gasteiger partial charge in [-0.1, -0.05) is 17.7 Å². The van der Waals surface area contributed by atoms with Crippen molar-refractivity contribution in [1.29, 1.82) is 0 Å². The molecule has 1 heterocycles. The number of benzene rings is 1. The molecule has 0 aliphatic rings. The molecule has 0 aliphatic carbocycles. The number of rotatable bonds is 4. The molecule has 0 bridgehead atoms. The molecule has 0 amide bonds. The van der Waals surface area contributed by atoms with Crippen molar-refractivity contribution >= 4 is 11.6 Å². The SMILES string of the molecule is Cn1cncc1C(Cc1ccc(F)c(Cl)c1)NN. The molecule has 1 unspecified atom stereocenters. The standard InChI is InChI=1S/C12H14ClFN4/c1-18-7-16-6-12(18)11(17-15)5-8-2-3-10(14)9(13)4-8/h2-4,6-7,11,17H,5,15H2,1H3. The number of hydrazine groups is 1. The summed E-state index contributed by atoms with van der Waals surface area (Å²) < 4.78 is 15.0. The number of aryl methyl sites for hydroxylation is 1. The Morgan fingerprint density at radius 2 is 2.33 bits per heavy atom. The van der Waals surface area contributed by atoms with Crippen LogP contribution in [0, 0.1) is 5.82 Å². The van der Waals surface area contributed by atoms with Gasteiger partial charge in [0, 0.05) is 13.2 Å². The van der Waals surface area contributed by atoms with E-state index in [-0.39, 0.29) is 11.1 Å². The van der Waals surface area contributed by atoms with E-state index in [1.165, 1.54) is 6.07 Å². The minimum atomic E-state index is -0.418. The molecule has 2 rings (SSSR count). The van der Waals surface area contributed by atoms with E-state index in [1.807, 2.05) is 11.6 Å². The summed E-state index contributed by atoms with van der Waals surface area (Å²) >= 11 is 5.75. The summed E-state index contributed by atoms with van der Waals surface area (Å²) in [5, 5.41) is 0.119. The summed E-state index contributed by atoms with van der Waals surface area (Å²) in [6, 6.07) is 4.56. The number of nitrogens with zero attached hydrogens (tertiary/aromatic N) is 2. The van der Waals surface area contributed by atoms with E-state index in [1.54, 1.807) is 24.7 Å². The largest absolute Gasteiger partial charge is 0.336 e. The average molecular weight is 269 g/mol. The van der Waals surface area contributed by atoms with Crippen LogP contribution in [-0.4, -0.2) is 9.55 Å². The van der Waals surface area contributed by atoms with Crippen molar-refractivity contribution in [3.05, 3.63) is 52.8 Å². The van der Waals surface area contributed by atoms with Crippen molar-refractivity contribution < 1.29 is 4.39 Å². The summed E-state index contributed by atoms with van der Waals surface area (Å²) in [4.78, 5) is 4.05. The second kappa shape index (κ2) is 5.48. The van der Waals surface area contributed by atoms with Crippen molar-refractivity contribution in [2.24, 2.45) is 12.9 Å². The lowest BCUT2D eigenvalue weighted by molar-refractivity contribution is 0.521. The lowest BCUT2D eigenvalue weighted by Crippen LogP contribution is -2.30. The maximum Gasteiger partial charge on any atom is 0.141 e. The van der Waals surface area contributed by atoms with Crippen molar-refractivity contribution in [2.75, 3.05) is 0 Å². The molecule has 6 heteroatoms. The van der Waals surface area contributed by atoms with E-state index >= 15 is 0 Å². The summed E-state index contributed by atoms with van der Waals surface area (Å²) in [5.74, 6) is 5.13. The van der Waals surface area contributed by atoms with E-state index in [0.29, 0.717) is 6.42 Å². The number of nitrogens with one attached hydrogen (secondary N) is 1. The fourth-order valence-corrected chi connectivity index (χ4v) is 2.06. The Hall–Kier alpha value is -1.43. The fraction of sp³-hybridized carbons (Fsp3) is 0.250. The first kappa shape index (κ1) is 13.0. The van der Waals surface area contributed by atoms with Gasteiger partial charge in [-0.3, -0.25) is 11.3 Å². The third-order valence-corrected chi connectivity index (χ3v) is 3.13.